The van der Waals surface area contributed by atoms with Crippen molar-refractivity contribution in [3.63, 3.8) is 0 Å². The van der Waals surface area contributed by atoms with E-state index >= 15 is 0 Å². The summed E-state index contributed by atoms with van der Waals surface area (Å²) < 4.78 is 4.79. The Bertz CT molecular complexity index is 683. The Labute approximate surface area is 118 Å². The van der Waals surface area contributed by atoms with Crippen LogP contribution in [-0.4, -0.2) is 37.7 Å². The molecule has 0 bridgehead atoms. The third-order valence-corrected chi connectivity index (χ3v) is 2.52. The van der Waals surface area contributed by atoms with Crippen molar-refractivity contribution < 1.29 is 19.3 Å². The lowest BCUT2D eigenvalue weighted by molar-refractivity contribution is -0.384. The summed E-state index contributed by atoms with van der Waals surface area (Å²) >= 11 is 0. The highest BCUT2D eigenvalue weighted by molar-refractivity contribution is 5.88. The van der Waals surface area contributed by atoms with Gasteiger partial charge in [-0.15, -0.1) is 0 Å². The number of aromatic nitrogens is 3. The van der Waals surface area contributed by atoms with Crippen LogP contribution in [0.5, 0.6) is 0 Å². The maximum Gasteiger partial charge on any atom is 0.337 e. The summed E-state index contributed by atoms with van der Waals surface area (Å²) in [6.45, 7) is 1.94. The van der Waals surface area contributed by atoms with Gasteiger partial charge in [0.1, 0.15) is 0 Å². The van der Waals surface area contributed by atoms with Crippen LogP contribution >= 0.6 is 0 Å². The highest BCUT2D eigenvalue weighted by Gasteiger charge is 2.18. The van der Waals surface area contributed by atoms with E-state index in [4.69, 9.17) is 9.63 Å². The zero-order chi connectivity index (χ0) is 15.4. The van der Waals surface area contributed by atoms with Gasteiger partial charge in [-0.2, -0.15) is 4.98 Å². The predicted octanol–water partition coefficient (Wildman–Crippen LogP) is 1.03. The Morgan fingerprint density at radius 1 is 1.57 bits per heavy atom. The lowest BCUT2D eigenvalue weighted by Crippen LogP contribution is -2.10. The minimum atomic E-state index is -1.28. The van der Waals surface area contributed by atoms with E-state index in [2.05, 4.69) is 20.4 Å². The number of anilines is 1. The predicted molar refractivity (Wildman–Crippen MR) is 69.1 cm³/mol. The van der Waals surface area contributed by atoms with Crippen molar-refractivity contribution in [2.24, 2.45) is 0 Å². The zero-order valence-corrected chi connectivity index (χ0v) is 10.9. The Balaban J connectivity index is 2.08. The molecule has 2 rings (SSSR count). The van der Waals surface area contributed by atoms with Crippen molar-refractivity contribution in [2.45, 2.75) is 13.3 Å². The molecule has 2 N–H and O–H groups in total. The number of aryl methyl sites for hydroxylation is 1. The molecule has 0 fully saturated rings. The van der Waals surface area contributed by atoms with Crippen LogP contribution in [0.15, 0.2) is 16.8 Å². The quantitative estimate of drug-likeness (QED) is 0.589. The van der Waals surface area contributed by atoms with Gasteiger partial charge in [0.25, 0.3) is 0 Å². The van der Waals surface area contributed by atoms with Crippen molar-refractivity contribution in [1.82, 2.24) is 15.1 Å². The van der Waals surface area contributed by atoms with Crippen molar-refractivity contribution in [1.29, 1.82) is 0 Å². The number of carboxylic acid groups (broad SMARTS) is 1. The second-order valence-corrected chi connectivity index (χ2v) is 4.06. The van der Waals surface area contributed by atoms with Crippen LogP contribution in [-0.2, 0) is 6.42 Å². The number of nitrogens with zero attached hydrogens (tertiary/aromatic N) is 4. The van der Waals surface area contributed by atoms with Crippen molar-refractivity contribution in [3.8, 4) is 0 Å². The van der Waals surface area contributed by atoms with Gasteiger partial charge in [-0.3, -0.25) is 10.1 Å². The number of carboxylic acids is 1. The van der Waals surface area contributed by atoms with E-state index in [0.717, 1.165) is 12.3 Å². The third-order valence-electron chi connectivity index (χ3n) is 2.52. The summed E-state index contributed by atoms with van der Waals surface area (Å²) in [5, 5.41) is 26.2. The molecule has 0 aliphatic carbocycles. The molecular weight excluding hydrogens is 282 g/mol. The van der Waals surface area contributed by atoms with Gasteiger partial charge in [0, 0.05) is 32.2 Å². The van der Waals surface area contributed by atoms with Gasteiger partial charge in [0.15, 0.2) is 5.82 Å². The summed E-state index contributed by atoms with van der Waals surface area (Å²) in [6.07, 6.45) is 1.44. The highest BCUT2D eigenvalue weighted by Crippen LogP contribution is 2.22. The lowest BCUT2D eigenvalue weighted by atomic mass is 10.2. The van der Waals surface area contributed by atoms with Gasteiger partial charge in [0.2, 0.25) is 11.7 Å². The third kappa shape index (κ3) is 3.49. The van der Waals surface area contributed by atoms with Gasteiger partial charge in [-0.05, 0) is 0 Å². The molecule has 0 aliphatic heterocycles. The van der Waals surface area contributed by atoms with Crippen LogP contribution in [0.3, 0.4) is 0 Å². The molecule has 0 saturated heterocycles. The summed E-state index contributed by atoms with van der Waals surface area (Å²) in [5.41, 5.74) is -0.653. The van der Waals surface area contributed by atoms with E-state index in [1.54, 1.807) is 6.92 Å². The number of nitro groups is 1. The first kappa shape index (κ1) is 14.4. The van der Waals surface area contributed by atoms with Crippen molar-refractivity contribution in [2.75, 3.05) is 11.9 Å². The molecule has 2 aromatic rings. The number of carbonyl (C=O) groups is 1. The molecule has 110 valence electrons. The second kappa shape index (κ2) is 5.94. The SMILES string of the molecule is Cc1nc(CCNc2ncc(C(=O)O)cc2[N+](=O)[O-])no1. The highest BCUT2D eigenvalue weighted by atomic mass is 16.6. The molecule has 2 heterocycles. The molecule has 21 heavy (non-hydrogen) atoms. The minimum absolute atomic E-state index is 0.00906. The molecule has 0 radical (unpaired) electrons. The Kier molecular flexibility index (Phi) is 4.07. The van der Waals surface area contributed by atoms with Crippen molar-refractivity contribution in [3.05, 3.63) is 39.7 Å². The Morgan fingerprint density at radius 3 is 2.90 bits per heavy atom. The fourth-order valence-corrected chi connectivity index (χ4v) is 1.58. The number of aromatic carboxylic acids is 1. The molecule has 10 nitrogen and oxygen atoms in total. The van der Waals surface area contributed by atoms with Gasteiger partial charge < -0.3 is 14.9 Å². The smallest absolute Gasteiger partial charge is 0.337 e. The molecule has 0 aromatic carbocycles. The average molecular weight is 293 g/mol. The summed E-state index contributed by atoms with van der Waals surface area (Å²) in [4.78, 5) is 28.8. The monoisotopic (exact) mass is 293 g/mol. The van der Waals surface area contributed by atoms with Crippen molar-refractivity contribution >= 4 is 17.5 Å². The molecule has 0 amide bonds. The maximum atomic E-state index is 10.9. The summed E-state index contributed by atoms with van der Waals surface area (Å²) in [5.74, 6) is -0.394. The lowest BCUT2D eigenvalue weighted by Gasteiger charge is -2.05. The van der Waals surface area contributed by atoms with E-state index in [9.17, 15) is 14.9 Å². The maximum absolute atomic E-state index is 10.9. The van der Waals surface area contributed by atoms with E-state index < -0.39 is 16.6 Å². The topological polar surface area (TPSA) is 144 Å². The number of hydrogen-bond acceptors (Lipinski definition) is 8. The van der Waals surface area contributed by atoms with Gasteiger partial charge in [-0.1, -0.05) is 5.16 Å². The van der Waals surface area contributed by atoms with Gasteiger partial charge in [0.05, 0.1) is 10.5 Å². The molecule has 0 unspecified atom stereocenters. The molecule has 0 atom stereocenters. The first-order chi connectivity index (χ1) is 9.97. The normalized spacial score (nSPS) is 10.3. The number of nitrogens with one attached hydrogen (secondary N) is 1. The standard InChI is InChI=1S/C11H11N5O5/c1-6-14-9(15-21-6)2-3-12-10-8(16(19)20)4-7(5-13-10)11(17)18/h4-5H,2-3H2,1H3,(H,12,13)(H,17,18). The van der Waals surface area contributed by atoms with Crippen LogP contribution in [0.1, 0.15) is 22.1 Å². The molecule has 0 spiro atoms. The van der Waals surface area contributed by atoms with Crippen LogP contribution in [0.2, 0.25) is 0 Å². The minimum Gasteiger partial charge on any atom is -0.478 e. The van der Waals surface area contributed by atoms with Crippen LogP contribution in [0.4, 0.5) is 11.5 Å². The first-order valence-electron chi connectivity index (χ1n) is 5.88. The molecular formula is C11H11N5O5. The molecule has 10 heteroatoms. The number of rotatable bonds is 6. The van der Waals surface area contributed by atoms with E-state index in [1.165, 1.54) is 0 Å². The second-order valence-electron chi connectivity index (χ2n) is 4.06. The first-order valence-corrected chi connectivity index (χ1v) is 5.88. The fourth-order valence-electron chi connectivity index (χ4n) is 1.58. The largest absolute Gasteiger partial charge is 0.478 e. The number of hydrogen-bond donors (Lipinski definition) is 2. The molecule has 0 saturated carbocycles. The Morgan fingerprint density at radius 2 is 2.33 bits per heavy atom. The molecule has 0 aliphatic rings. The average Bonchev–Trinajstić information content (AvgIpc) is 2.84. The zero-order valence-electron chi connectivity index (χ0n) is 10.9. The van der Waals surface area contributed by atoms with Gasteiger partial charge in [-0.25, -0.2) is 9.78 Å². The van der Waals surface area contributed by atoms with E-state index in [0.29, 0.717) is 24.7 Å². The molecule has 2 aromatic heterocycles. The fraction of sp³-hybridized carbons (Fsp3) is 0.273. The summed E-state index contributed by atoms with van der Waals surface area (Å²) in [7, 11) is 0. The van der Waals surface area contributed by atoms with E-state index in [-0.39, 0.29) is 11.4 Å². The van der Waals surface area contributed by atoms with E-state index in [1.807, 2.05) is 0 Å². The number of pyridine rings is 1. The Hall–Kier alpha value is -3.04. The van der Waals surface area contributed by atoms with Crippen LogP contribution < -0.4 is 5.32 Å². The van der Waals surface area contributed by atoms with Crippen LogP contribution in [0, 0.1) is 17.0 Å². The summed E-state index contributed by atoms with van der Waals surface area (Å²) in [6, 6.07) is 0.955. The van der Waals surface area contributed by atoms with Gasteiger partial charge >= 0.3 is 11.7 Å². The van der Waals surface area contributed by atoms with Crippen LogP contribution in [0.25, 0.3) is 0 Å².